The Labute approximate surface area is 108 Å². The Morgan fingerprint density at radius 2 is 1.88 bits per heavy atom. The molecule has 1 aromatic rings. The van der Waals surface area contributed by atoms with E-state index in [1.165, 1.54) is 0 Å². The minimum Gasteiger partial charge on any atom is -0.317 e. The van der Waals surface area contributed by atoms with Crippen LogP contribution in [-0.4, -0.2) is 22.9 Å². The first-order valence-electron chi connectivity index (χ1n) is 5.09. The molecule has 0 radical (unpaired) electrons. The molecule has 2 rings (SSSR count). The second-order valence-corrected chi connectivity index (χ2v) is 4.38. The molecule has 1 fully saturated rings. The van der Waals surface area contributed by atoms with Gasteiger partial charge in [0, 0.05) is 24.2 Å². The third kappa shape index (κ3) is 2.81. The Kier molecular flexibility index (Phi) is 5.59. The number of halogens is 2. The zero-order valence-corrected chi connectivity index (χ0v) is 11.2. The highest BCUT2D eigenvalue weighted by atomic mass is 35.5. The van der Waals surface area contributed by atoms with Crippen molar-refractivity contribution in [2.24, 2.45) is 7.05 Å². The lowest BCUT2D eigenvalue weighted by molar-refractivity contribution is 0.325. The number of rotatable bonds is 1. The Bertz CT molecular complexity index is 380. The summed E-state index contributed by atoms with van der Waals surface area (Å²) in [6.07, 6.45) is 2.18. The van der Waals surface area contributed by atoms with Crippen LogP contribution in [0.15, 0.2) is 10.9 Å². The van der Waals surface area contributed by atoms with E-state index in [-0.39, 0.29) is 35.8 Å². The van der Waals surface area contributed by atoms with Gasteiger partial charge in [-0.3, -0.25) is 14.6 Å². The number of aromatic amines is 1. The molecule has 0 unspecified atom stereocenters. The largest absolute Gasteiger partial charge is 0.317 e. The second-order valence-electron chi connectivity index (χ2n) is 4.38. The molecule has 16 heavy (non-hydrogen) atoms. The van der Waals surface area contributed by atoms with Gasteiger partial charge < -0.3 is 5.32 Å². The summed E-state index contributed by atoms with van der Waals surface area (Å²) >= 11 is 0. The van der Waals surface area contributed by atoms with Gasteiger partial charge in [0.15, 0.2) is 0 Å². The maximum atomic E-state index is 11.3. The van der Waals surface area contributed by atoms with Gasteiger partial charge in [-0.1, -0.05) is 6.92 Å². The van der Waals surface area contributed by atoms with E-state index in [2.05, 4.69) is 17.3 Å². The van der Waals surface area contributed by atoms with Crippen LogP contribution in [-0.2, 0) is 12.5 Å². The van der Waals surface area contributed by atoms with Gasteiger partial charge in [-0.15, -0.1) is 24.8 Å². The van der Waals surface area contributed by atoms with Crippen molar-refractivity contribution in [2.75, 3.05) is 13.1 Å². The lowest BCUT2D eigenvalue weighted by Gasteiger charge is -2.32. The Hall–Kier alpha value is -0.450. The molecule has 1 aliphatic rings. The summed E-state index contributed by atoms with van der Waals surface area (Å²) in [5.41, 5.74) is 1.28. The minimum atomic E-state index is 0. The van der Waals surface area contributed by atoms with Gasteiger partial charge in [0.2, 0.25) is 0 Å². The highest BCUT2D eigenvalue weighted by Crippen LogP contribution is 2.30. The van der Waals surface area contributed by atoms with Crippen molar-refractivity contribution in [3.05, 3.63) is 22.1 Å². The fourth-order valence-corrected chi connectivity index (χ4v) is 2.05. The predicted octanol–water partition coefficient (Wildman–Crippen LogP) is 1.20. The van der Waals surface area contributed by atoms with Gasteiger partial charge in [-0.25, -0.2) is 0 Å². The van der Waals surface area contributed by atoms with Crippen LogP contribution >= 0.6 is 24.8 Å². The molecule has 1 aliphatic heterocycles. The quantitative estimate of drug-likeness (QED) is 0.804. The molecule has 0 atom stereocenters. The molecule has 0 bridgehead atoms. The zero-order chi connectivity index (χ0) is 10.2. The maximum absolute atomic E-state index is 11.3. The molecule has 2 heterocycles. The van der Waals surface area contributed by atoms with Gasteiger partial charge in [0.25, 0.3) is 5.56 Å². The molecule has 0 spiro atoms. The lowest BCUT2D eigenvalue weighted by Crippen LogP contribution is -2.38. The minimum absolute atomic E-state index is 0. The van der Waals surface area contributed by atoms with E-state index >= 15 is 0 Å². The smallest absolute Gasteiger partial charge is 0.266 e. The van der Waals surface area contributed by atoms with Crippen LogP contribution in [0.25, 0.3) is 0 Å². The van der Waals surface area contributed by atoms with Crippen molar-refractivity contribution in [1.29, 1.82) is 0 Å². The number of H-pyrrole nitrogens is 1. The molecular weight excluding hydrogens is 249 g/mol. The molecule has 6 heteroatoms. The SMILES string of the molecule is Cl.Cl.Cn1[nH]c(C2(C)CCNCC2)cc1=O. The Morgan fingerprint density at radius 3 is 2.31 bits per heavy atom. The van der Waals surface area contributed by atoms with Crippen molar-refractivity contribution >= 4 is 24.8 Å². The number of aryl methyl sites for hydroxylation is 1. The predicted molar refractivity (Wildman–Crippen MR) is 70.0 cm³/mol. The van der Waals surface area contributed by atoms with E-state index < -0.39 is 0 Å². The number of aromatic nitrogens is 2. The van der Waals surface area contributed by atoms with Crippen molar-refractivity contribution in [3.63, 3.8) is 0 Å². The Balaban J connectivity index is 0.00000112. The summed E-state index contributed by atoms with van der Waals surface area (Å²) in [5.74, 6) is 0. The topological polar surface area (TPSA) is 49.8 Å². The van der Waals surface area contributed by atoms with Crippen molar-refractivity contribution in [3.8, 4) is 0 Å². The summed E-state index contributed by atoms with van der Waals surface area (Å²) in [7, 11) is 1.76. The monoisotopic (exact) mass is 267 g/mol. The first kappa shape index (κ1) is 15.6. The molecule has 0 aromatic carbocycles. The van der Waals surface area contributed by atoms with Crippen LogP contribution in [0.2, 0.25) is 0 Å². The van der Waals surface area contributed by atoms with Crippen LogP contribution in [0.3, 0.4) is 0 Å². The maximum Gasteiger partial charge on any atom is 0.266 e. The molecular formula is C10H19Cl2N3O. The molecule has 1 aromatic heterocycles. The van der Waals surface area contributed by atoms with Gasteiger partial charge in [0.1, 0.15) is 0 Å². The van der Waals surface area contributed by atoms with Gasteiger partial charge in [-0.2, -0.15) is 0 Å². The fourth-order valence-electron chi connectivity index (χ4n) is 2.05. The number of nitrogens with zero attached hydrogens (tertiary/aromatic N) is 1. The van der Waals surface area contributed by atoms with Crippen LogP contribution < -0.4 is 10.9 Å². The third-order valence-electron chi connectivity index (χ3n) is 3.24. The molecule has 2 N–H and O–H groups in total. The lowest BCUT2D eigenvalue weighted by atomic mass is 9.78. The zero-order valence-electron chi connectivity index (χ0n) is 9.58. The number of nitrogens with one attached hydrogen (secondary N) is 2. The highest BCUT2D eigenvalue weighted by molar-refractivity contribution is 5.85. The number of hydrogen-bond donors (Lipinski definition) is 2. The van der Waals surface area contributed by atoms with E-state index in [4.69, 9.17) is 0 Å². The van der Waals surface area contributed by atoms with E-state index in [1.54, 1.807) is 17.8 Å². The average Bonchev–Trinajstić information content (AvgIpc) is 2.49. The van der Waals surface area contributed by atoms with E-state index in [0.717, 1.165) is 31.6 Å². The normalized spacial score (nSPS) is 18.4. The summed E-state index contributed by atoms with van der Waals surface area (Å²) in [5, 5.41) is 6.46. The van der Waals surface area contributed by atoms with Crippen LogP contribution in [0.5, 0.6) is 0 Å². The van der Waals surface area contributed by atoms with E-state index in [0.29, 0.717) is 0 Å². The molecule has 0 saturated carbocycles. The highest BCUT2D eigenvalue weighted by Gasteiger charge is 2.30. The Morgan fingerprint density at radius 1 is 1.31 bits per heavy atom. The van der Waals surface area contributed by atoms with Crippen molar-refractivity contribution in [2.45, 2.75) is 25.2 Å². The van der Waals surface area contributed by atoms with Gasteiger partial charge in [0.05, 0.1) is 0 Å². The molecule has 0 amide bonds. The molecule has 94 valence electrons. The number of piperidine rings is 1. The van der Waals surface area contributed by atoms with Crippen LogP contribution in [0.1, 0.15) is 25.5 Å². The summed E-state index contributed by atoms with van der Waals surface area (Å²) in [6.45, 7) is 4.29. The average molecular weight is 268 g/mol. The van der Waals surface area contributed by atoms with E-state index in [1.807, 2.05) is 0 Å². The summed E-state index contributed by atoms with van der Waals surface area (Å²) < 4.78 is 1.54. The third-order valence-corrected chi connectivity index (χ3v) is 3.24. The van der Waals surface area contributed by atoms with Gasteiger partial charge in [-0.05, 0) is 25.9 Å². The first-order chi connectivity index (χ1) is 6.62. The standard InChI is InChI=1S/C10H17N3O.2ClH/c1-10(3-5-11-6-4-10)8-7-9(14)13(2)12-8;;/h7,11-12H,3-6H2,1-2H3;2*1H. The fraction of sp³-hybridized carbons (Fsp3) is 0.700. The number of hydrogen-bond acceptors (Lipinski definition) is 2. The van der Waals surface area contributed by atoms with E-state index in [9.17, 15) is 4.79 Å². The van der Waals surface area contributed by atoms with Crippen LogP contribution in [0, 0.1) is 0 Å². The molecule has 1 saturated heterocycles. The van der Waals surface area contributed by atoms with Gasteiger partial charge >= 0.3 is 0 Å². The van der Waals surface area contributed by atoms with Crippen molar-refractivity contribution < 1.29 is 0 Å². The van der Waals surface area contributed by atoms with Crippen molar-refractivity contribution in [1.82, 2.24) is 15.1 Å². The molecule has 4 nitrogen and oxygen atoms in total. The summed E-state index contributed by atoms with van der Waals surface area (Å²) in [4.78, 5) is 11.3. The van der Waals surface area contributed by atoms with Crippen LogP contribution in [0.4, 0.5) is 0 Å². The molecule has 0 aliphatic carbocycles. The second kappa shape index (κ2) is 5.75. The first-order valence-corrected chi connectivity index (χ1v) is 5.09. The summed E-state index contributed by atoms with van der Waals surface area (Å²) in [6, 6.07) is 1.73.